The largest absolute Gasteiger partial charge is 0.416 e. The van der Waals surface area contributed by atoms with Gasteiger partial charge in [0.05, 0.1) is 45.4 Å². The summed E-state index contributed by atoms with van der Waals surface area (Å²) in [7, 11) is -5.95. The molecular formula is C60H66F6N12O6S3. The lowest BCUT2D eigenvalue weighted by Crippen LogP contribution is -2.23. The molecule has 0 N–H and O–H groups in total. The molecule has 9 aromatic rings. The minimum absolute atomic E-state index is 0.0371. The minimum atomic E-state index is -4.52. The van der Waals surface area contributed by atoms with E-state index in [2.05, 4.69) is 42.1 Å². The van der Waals surface area contributed by atoms with E-state index in [9.17, 15) is 51.6 Å². The van der Waals surface area contributed by atoms with Crippen LogP contribution < -0.4 is 0 Å². The number of hydrogen-bond donors (Lipinski definition) is 0. The van der Waals surface area contributed by atoms with Crippen molar-refractivity contribution in [2.45, 2.75) is 94.4 Å². The highest BCUT2D eigenvalue weighted by Gasteiger charge is 2.34. The molecule has 0 saturated heterocycles. The first kappa shape index (κ1) is 62.5. The van der Waals surface area contributed by atoms with Crippen molar-refractivity contribution in [2.75, 3.05) is 60.4 Å². The van der Waals surface area contributed by atoms with Gasteiger partial charge in [0.2, 0.25) is 0 Å². The van der Waals surface area contributed by atoms with E-state index in [1.54, 1.807) is 49.3 Å². The second-order valence-corrected chi connectivity index (χ2v) is 27.2. The summed E-state index contributed by atoms with van der Waals surface area (Å²) in [6.45, 7) is 11.3. The van der Waals surface area contributed by atoms with Gasteiger partial charge in [-0.3, -0.25) is 9.36 Å². The topological polar surface area (TPSA) is 180 Å². The molecule has 0 saturated carbocycles. The fourth-order valence-corrected chi connectivity index (χ4v) is 15.7. The van der Waals surface area contributed by atoms with Crippen molar-refractivity contribution in [3.05, 3.63) is 161 Å². The summed E-state index contributed by atoms with van der Waals surface area (Å²) in [6.07, 6.45) is 12.5. The molecule has 27 heteroatoms. The molecule has 3 aromatic carbocycles. The van der Waals surface area contributed by atoms with E-state index in [-0.39, 0.29) is 37.1 Å². The van der Waals surface area contributed by atoms with Gasteiger partial charge in [-0.1, -0.05) is 36.4 Å². The Morgan fingerprint density at radius 3 is 1.36 bits per heavy atom. The van der Waals surface area contributed by atoms with E-state index in [0.29, 0.717) is 64.1 Å². The van der Waals surface area contributed by atoms with Crippen LogP contribution in [0.15, 0.2) is 131 Å². The number of benzene rings is 3. The van der Waals surface area contributed by atoms with Crippen molar-refractivity contribution < 1.29 is 51.6 Å². The monoisotopic (exact) mass is 1260 g/mol. The third kappa shape index (κ3) is 12.1. The molecule has 9 heterocycles. The Balaban J connectivity index is 0.000000145. The maximum absolute atomic E-state index is 14.0. The zero-order valence-corrected chi connectivity index (χ0v) is 51.6. The lowest BCUT2D eigenvalue weighted by atomic mass is 9.98. The molecule has 0 radical (unpaired) electrons. The maximum Gasteiger partial charge on any atom is 0.416 e. The molecule has 0 fully saturated rings. The van der Waals surface area contributed by atoms with E-state index in [1.807, 2.05) is 53.2 Å². The Bertz CT molecular complexity index is 4570. The van der Waals surface area contributed by atoms with Crippen molar-refractivity contribution in [3.8, 4) is 0 Å². The van der Waals surface area contributed by atoms with Crippen molar-refractivity contribution in [1.29, 1.82) is 0 Å². The zero-order chi connectivity index (χ0) is 62.7. The number of fused-ring (bicyclic) bond motifs is 3. The molecule has 18 nitrogen and oxygen atoms in total. The third-order valence-corrected chi connectivity index (χ3v) is 21.4. The molecule has 0 unspecified atom stereocenters. The van der Waals surface area contributed by atoms with Gasteiger partial charge in [0.25, 0.3) is 30.1 Å². The third-order valence-electron chi connectivity index (χ3n) is 16.0. The summed E-state index contributed by atoms with van der Waals surface area (Å²) in [4.78, 5) is 6.43. The van der Waals surface area contributed by atoms with Gasteiger partial charge >= 0.3 is 12.7 Å². The molecular weight excluding hydrogens is 1190 g/mol. The highest BCUT2D eigenvalue weighted by atomic mass is 32.2. The fraction of sp³-hybridized carbons (Fsp3) is 0.350. The van der Waals surface area contributed by atoms with Gasteiger partial charge < -0.3 is 14.7 Å². The van der Waals surface area contributed by atoms with E-state index in [1.165, 1.54) is 56.2 Å². The Kier molecular flexibility index (Phi) is 17.4. The highest BCUT2D eigenvalue weighted by Crippen LogP contribution is 2.40. The van der Waals surface area contributed by atoms with Crippen LogP contribution in [0.4, 0.5) is 26.3 Å². The van der Waals surface area contributed by atoms with Crippen LogP contribution in [0.5, 0.6) is 0 Å². The molecule has 0 atom stereocenters. The summed E-state index contributed by atoms with van der Waals surface area (Å²) < 4.78 is 168. The Hall–Kier alpha value is -7.56. The first-order valence-electron chi connectivity index (χ1n) is 28.1. The number of halogens is 6. The molecule has 6 aromatic heterocycles. The SMILES string of the molecule is CCn1cc(S(=O)(=O)n2cc(C3=CCN(C)CC3)c3cc(C(F)(F)F)ccc32)c(C)n1.CCn1cc(S(=O)(=O)n2cc(C3=CCN(C)CC3)c3cc(F)ccc32)c(C)n1.Cc1c(S(=O)(=O)n2cc(C3=CCN(C)CC3)c3ccccc32)cnn1C(F)F. The number of nitrogens with zero attached hydrogens (tertiary/aromatic N) is 12. The lowest BCUT2D eigenvalue weighted by molar-refractivity contribution is -0.137. The van der Waals surface area contributed by atoms with Gasteiger partial charge in [-0.15, -0.1) is 0 Å². The van der Waals surface area contributed by atoms with E-state index in [4.69, 9.17) is 0 Å². The van der Waals surface area contributed by atoms with Crippen LogP contribution in [0, 0.1) is 26.6 Å². The molecule has 87 heavy (non-hydrogen) atoms. The molecule has 462 valence electrons. The average molecular weight is 1260 g/mol. The van der Waals surface area contributed by atoms with Crippen LogP contribution in [-0.4, -0.2) is 142 Å². The van der Waals surface area contributed by atoms with Crippen LogP contribution in [0.1, 0.15) is 79.0 Å². The first-order chi connectivity index (χ1) is 41.1. The standard InChI is InChI=1S/C21H23F3N4O2S.C20H23FN4O2S.C19H20F2N4O2S/c1-4-27-13-20(14(2)25-27)31(29,30)28-12-18(15-7-9-26(3)10-8-15)17-11-16(21(22,23)24)5-6-19(17)28;1-4-24-13-20(14(2)22-24)28(26,27)25-12-18(15-7-9-23(3)10-8-15)17-11-16(21)5-6-19(17)25;1-13-18(11-22-25(13)19(20)21)28(26,27)24-12-16(14-7-9-23(2)10-8-14)15-5-3-4-6-17(15)24/h5-7,11-13H,4,8-10H2,1-3H3;5-7,11-13H,4,8-10H2,1-3H3;3-7,11-12,19H,8-10H2,1-2H3. The molecule has 12 rings (SSSR count). The minimum Gasteiger partial charge on any atom is -0.302 e. The van der Waals surface area contributed by atoms with Crippen LogP contribution in [0.25, 0.3) is 49.4 Å². The number of para-hydroxylation sites is 1. The number of hydrogen-bond acceptors (Lipinski definition) is 12. The predicted molar refractivity (Wildman–Crippen MR) is 322 cm³/mol. The van der Waals surface area contributed by atoms with Gasteiger partial charge in [0.15, 0.2) is 0 Å². The number of alkyl halides is 5. The van der Waals surface area contributed by atoms with Crippen LogP contribution >= 0.6 is 0 Å². The first-order valence-corrected chi connectivity index (χ1v) is 32.4. The number of aryl methyl sites for hydroxylation is 4. The van der Waals surface area contributed by atoms with E-state index in [0.717, 1.165) is 101 Å². The molecule has 3 aliphatic rings. The second-order valence-electron chi connectivity index (χ2n) is 21.8. The van der Waals surface area contributed by atoms with Crippen molar-refractivity contribution in [2.24, 2.45) is 0 Å². The molecule has 0 amide bonds. The number of aromatic nitrogens is 9. The smallest absolute Gasteiger partial charge is 0.302 e. The highest BCUT2D eigenvalue weighted by molar-refractivity contribution is 7.90. The van der Waals surface area contributed by atoms with Crippen LogP contribution in [0.2, 0.25) is 0 Å². The average Bonchev–Trinajstić information content (AvgIpc) is 1.65. The number of likely N-dealkylation sites (N-methyl/N-ethyl adjacent to an activating group) is 3. The summed E-state index contributed by atoms with van der Waals surface area (Å²) >= 11 is 0. The Morgan fingerprint density at radius 1 is 0.540 bits per heavy atom. The fourth-order valence-electron chi connectivity index (χ4n) is 11.1. The van der Waals surface area contributed by atoms with Gasteiger partial charge in [-0.05, 0) is 134 Å². The van der Waals surface area contributed by atoms with Gasteiger partial charge in [0, 0.05) is 116 Å². The lowest BCUT2D eigenvalue weighted by Gasteiger charge is -2.21. The maximum atomic E-state index is 14.0. The molecule has 0 aliphatic carbocycles. The summed E-state index contributed by atoms with van der Waals surface area (Å²) in [5.41, 5.74) is 6.21. The number of rotatable bonds is 12. The zero-order valence-electron chi connectivity index (χ0n) is 49.1. The molecule has 0 spiro atoms. The van der Waals surface area contributed by atoms with E-state index < -0.39 is 48.4 Å². The van der Waals surface area contributed by atoms with E-state index >= 15 is 0 Å². The summed E-state index contributed by atoms with van der Waals surface area (Å²) in [6, 6.07) is 14.7. The second kappa shape index (κ2) is 24.2. The molecule has 3 aliphatic heterocycles. The van der Waals surface area contributed by atoms with Gasteiger partial charge in [-0.25, -0.2) is 46.2 Å². The molecule has 0 bridgehead atoms. The van der Waals surface area contributed by atoms with Crippen molar-refractivity contribution >= 4 is 79.5 Å². The summed E-state index contributed by atoms with van der Waals surface area (Å²) in [5, 5.41) is 13.7. The predicted octanol–water partition coefficient (Wildman–Crippen LogP) is 10.9. The summed E-state index contributed by atoms with van der Waals surface area (Å²) in [5.74, 6) is -0.382. The van der Waals surface area contributed by atoms with Crippen LogP contribution in [-0.2, 0) is 49.3 Å². The Morgan fingerprint density at radius 2 is 0.954 bits per heavy atom. The van der Waals surface area contributed by atoms with Crippen molar-refractivity contribution in [1.82, 2.24) is 56.0 Å². The quantitative estimate of drug-likeness (QED) is 0.106. The van der Waals surface area contributed by atoms with Crippen molar-refractivity contribution in [3.63, 3.8) is 0 Å². The normalized spacial score (nSPS) is 16.1. The van der Waals surface area contributed by atoms with Gasteiger partial charge in [0.1, 0.15) is 20.5 Å². The van der Waals surface area contributed by atoms with Gasteiger partial charge in [-0.2, -0.15) is 37.2 Å². The van der Waals surface area contributed by atoms with Crippen LogP contribution in [0.3, 0.4) is 0 Å². The Labute approximate surface area is 500 Å².